The number of benzene rings is 2. The maximum Gasteiger partial charge on any atom is 0.237 e. The number of rotatable bonds is 9. The molecule has 3 unspecified atom stereocenters. The summed E-state index contributed by atoms with van der Waals surface area (Å²) in [6.07, 6.45) is -0.904. The Morgan fingerprint density at radius 2 is 1.71 bits per heavy atom. The molecule has 0 saturated heterocycles. The number of carbonyl (C=O) groups excluding carboxylic acids is 4. The van der Waals surface area contributed by atoms with Crippen LogP contribution in [0.2, 0.25) is 0 Å². The van der Waals surface area contributed by atoms with Crippen LogP contribution in [0.5, 0.6) is 5.75 Å². The van der Waals surface area contributed by atoms with Crippen LogP contribution in [-0.4, -0.2) is 120 Å². The fourth-order valence-corrected chi connectivity index (χ4v) is 7.89. The lowest BCUT2D eigenvalue weighted by Gasteiger charge is -2.53. The maximum atomic E-state index is 14.2. The van der Waals surface area contributed by atoms with Crippen molar-refractivity contribution in [1.82, 2.24) is 15.1 Å². The molecule has 258 valence electrons. The van der Waals surface area contributed by atoms with E-state index in [1.165, 1.54) is 0 Å². The van der Waals surface area contributed by atoms with Crippen LogP contribution in [0, 0.1) is 17.8 Å². The molecule has 7 atom stereocenters. The SMILES string of the molecule is CN(C)c1cc(CNC(=O)C(Cc2ccccc2)N(C)C)c(O)c2c1C[C@@H]1C[C@@H]3[C@@H](N(C)C)C(O)C(C(N)=O)C(=O)[C@]3(O)C(=O)C1=C2O. The highest BCUT2D eigenvalue weighted by molar-refractivity contribution is 6.25. The van der Waals surface area contributed by atoms with Crippen LogP contribution in [0.25, 0.3) is 5.76 Å². The van der Waals surface area contributed by atoms with E-state index in [1.807, 2.05) is 30.3 Å². The third kappa shape index (κ3) is 5.64. The third-order valence-electron chi connectivity index (χ3n) is 10.3. The number of anilines is 1. The number of nitrogens with two attached hydrogens (primary N) is 1. The van der Waals surface area contributed by atoms with E-state index in [9.17, 15) is 39.6 Å². The predicted octanol–water partition coefficient (Wildman–Crippen LogP) is -0.0159. The van der Waals surface area contributed by atoms with Gasteiger partial charge in [0.25, 0.3) is 0 Å². The number of ketones is 2. The third-order valence-corrected chi connectivity index (χ3v) is 10.3. The number of amides is 2. The fourth-order valence-electron chi connectivity index (χ4n) is 7.89. The number of fused-ring (bicyclic) bond motifs is 3. The van der Waals surface area contributed by atoms with Crippen molar-refractivity contribution in [3.05, 3.63) is 64.2 Å². The predicted molar refractivity (Wildman–Crippen MR) is 178 cm³/mol. The van der Waals surface area contributed by atoms with Crippen molar-refractivity contribution >= 4 is 34.8 Å². The number of hydrogen-bond donors (Lipinski definition) is 6. The van der Waals surface area contributed by atoms with Gasteiger partial charge in [-0.2, -0.15) is 0 Å². The second-order valence-corrected chi connectivity index (χ2v) is 13.8. The lowest BCUT2D eigenvalue weighted by atomic mass is 9.54. The molecule has 2 aromatic rings. The summed E-state index contributed by atoms with van der Waals surface area (Å²) < 4.78 is 0. The molecule has 3 aliphatic rings. The Hall–Kier alpha value is -4.30. The molecule has 3 aliphatic carbocycles. The second kappa shape index (κ2) is 13.0. The van der Waals surface area contributed by atoms with Gasteiger partial charge in [0, 0.05) is 49.4 Å². The minimum atomic E-state index is -2.74. The molecule has 0 heterocycles. The van der Waals surface area contributed by atoms with Gasteiger partial charge in [-0.1, -0.05) is 30.3 Å². The zero-order valence-electron chi connectivity index (χ0n) is 28.1. The van der Waals surface area contributed by atoms with E-state index in [-0.39, 0.29) is 47.7 Å². The normalized spacial score (nSPS) is 27.3. The van der Waals surface area contributed by atoms with E-state index in [0.29, 0.717) is 17.7 Å². The summed E-state index contributed by atoms with van der Waals surface area (Å²) in [4.78, 5) is 58.7. The molecule has 0 spiro atoms. The Balaban J connectivity index is 1.54. The average molecular weight is 664 g/mol. The number of hydrogen-bond acceptors (Lipinski definition) is 11. The van der Waals surface area contributed by atoms with Gasteiger partial charge in [0.05, 0.1) is 17.7 Å². The summed E-state index contributed by atoms with van der Waals surface area (Å²) in [7, 11) is 10.4. The van der Waals surface area contributed by atoms with Gasteiger partial charge < -0.3 is 41.3 Å². The van der Waals surface area contributed by atoms with Crippen LogP contribution in [0.3, 0.4) is 0 Å². The van der Waals surface area contributed by atoms with Crippen LogP contribution in [0.4, 0.5) is 5.69 Å². The lowest BCUT2D eigenvalue weighted by molar-refractivity contribution is -0.184. The molecule has 13 heteroatoms. The summed E-state index contributed by atoms with van der Waals surface area (Å²) >= 11 is 0. The van der Waals surface area contributed by atoms with Gasteiger partial charge in [0.15, 0.2) is 11.4 Å². The molecule has 13 nitrogen and oxygen atoms in total. The van der Waals surface area contributed by atoms with Crippen molar-refractivity contribution in [1.29, 1.82) is 0 Å². The zero-order valence-corrected chi connectivity index (χ0v) is 28.1. The standard InChI is InChI=1S/C35H45N5O8/c1-38(2)22-15-19(16-37-34(47)23(39(3)4)12-17-10-8-7-9-11-17)28(41)25-20(22)13-18-14-21-27(40(5)6)30(43)26(33(36)46)32(45)35(21,48)31(44)24(18)29(25)42/h7-11,15,18,21,23,26-27,30,41-43,48H,12-14,16H2,1-6H3,(H2,36,46)(H,37,47)/t18-,21-,23?,26?,27-,30?,35-/m1/s1. The molecule has 2 saturated carbocycles. The molecule has 7 N–H and O–H groups in total. The first-order valence-corrected chi connectivity index (χ1v) is 15.9. The lowest BCUT2D eigenvalue weighted by Crippen LogP contribution is -2.73. The first-order chi connectivity index (χ1) is 22.5. The maximum absolute atomic E-state index is 14.2. The number of phenolic OH excluding ortho intramolecular Hbond substituents is 1. The number of primary amides is 1. The molecule has 2 aromatic carbocycles. The van der Waals surface area contributed by atoms with Crippen molar-refractivity contribution in [3.8, 4) is 5.75 Å². The van der Waals surface area contributed by atoms with Crippen LogP contribution in [-0.2, 0) is 38.6 Å². The fraction of sp³-hybridized carbons (Fsp3) is 0.486. The molecule has 0 radical (unpaired) electrons. The van der Waals surface area contributed by atoms with E-state index in [2.05, 4.69) is 5.32 Å². The number of aliphatic hydroxyl groups excluding tert-OH is 2. The number of phenols is 1. The summed E-state index contributed by atoms with van der Waals surface area (Å²) in [6.45, 7) is -0.0922. The van der Waals surface area contributed by atoms with Gasteiger partial charge in [0.2, 0.25) is 17.6 Å². The molecule has 0 aromatic heterocycles. The number of aromatic hydroxyl groups is 1. The minimum absolute atomic E-state index is 0.0248. The number of nitrogens with one attached hydrogen (secondary N) is 1. The van der Waals surface area contributed by atoms with Crippen molar-refractivity contribution in [3.63, 3.8) is 0 Å². The number of nitrogens with zero attached hydrogens (tertiary/aromatic N) is 3. The van der Waals surface area contributed by atoms with Gasteiger partial charge in [-0.25, -0.2) is 0 Å². The Labute approximate surface area is 279 Å². The van der Waals surface area contributed by atoms with E-state index < -0.39 is 64.8 Å². The van der Waals surface area contributed by atoms with E-state index >= 15 is 0 Å². The van der Waals surface area contributed by atoms with Crippen LogP contribution in [0.1, 0.15) is 28.7 Å². The number of Topliss-reactive ketones (excluding diaryl/α,β-unsaturated/α-hetero) is 2. The molecule has 2 amide bonds. The highest BCUT2D eigenvalue weighted by atomic mass is 16.3. The zero-order chi connectivity index (χ0) is 35.4. The molecule has 48 heavy (non-hydrogen) atoms. The Morgan fingerprint density at radius 1 is 1.06 bits per heavy atom. The first-order valence-electron chi connectivity index (χ1n) is 15.9. The average Bonchev–Trinajstić information content (AvgIpc) is 3.01. The number of likely N-dealkylation sites (N-methyl/N-ethyl adjacent to an activating group) is 2. The molecular weight excluding hydrogens is 618 g/mol. The van der Waals surface area contributed by atoms with Crippen LogP contribution >= 0.6 is 0 Å². The first kappa shape index (κ1) is 35.0. The monoisotopic (exact) mass is 663 g/mol. The molecule has 0 bridgehead atoms. The molecular formula is C35H45N5O8. The quantitative estimate of drug-likeness (QED) is 0.197. The van der Waals surface area contributed by atoms with E-state index in [0.717, 1.165) is 5.56 Å². The highest BCUT2D eigenvalue weighted by Crippen LogP contribution is 2.53. The van der Waals surface area contributed by atoms with E-state index in [4.69, 9.17) is 5.73 Å². The number of carbonyl (C=O) groups is 4. The van der Waals surface area contributed by atoms with Gasteiger partial charge in [-0.05, 0) is 70.6 Å². The Kier molecular flexibility index (Phi) is 9.45. The van der Waals surface area contributed by atoms with E-state index in [1.54, 1.807) is 63.1 Å². The van der Waals surface area contributed by atoms with Crippen molar-refractivity contribution in [2.75, 3.05) is 47.2 Å². The highest BCUT2D eigenvalue weighted by Gasteiger charge is 2.67. The van der Waals surface area contributed by atoms with Gasteiger partial charge in [0.1, 0.15) is 17.4 Å². The summed E-state index contributed by atoms with van der Waals surface area (Å²) in [6, 6.07) is 9.83. The second-order valence-electron chi connectivity index (χ2n) is 13.8. The van der Waals surface area contributed by atoms with Crippen LogP contribution < -0.4 is 16.0 Å². The van der Waals surface area contributed by atoms with Crippen LogP contribution in [0.15, 0.2) is 42.0 Å². The Morgan fingerprint density at radius 3 is 2.27 bits per heavy atom. The van der Waals surface area contributed by atoms with Gasteiger partial charge in [-0.15, -0.1) is 0 Å². The van der Waals surface area contributed by atoms with Crippen molar-refractivity contribution < 1.29 is 39.6 Å². The van der Waals surface area contributed by atoms with Crippen molar-refractivity contribution in [2.24, 2.45) is 23.5 Å². The largest absolute Gasteiger partial charge is 0.507 e. The topological polar surface area (TPSA) is 197 Å². The Bertz CT molecular complexity index is 1670. The van der Waals surface area contributed by atoms with Crippen molar-refractivity contribution in [2.45, 2.75) is 49.6 Å². The summed E-state index contributed by atoms with van der Waals surface area (Å²) in [5.41, 5.74) is 4.92. The van der Waals surface area contributed by atoms with Gasteiger partial charge in [-0.3, -0.25) is 24.1 Å². The van der Waals surface area contributed by atoms with Gasteiger partial charge >= 0.3 is 0 Å². The smallest absolute Gasteiger partial charge is 0.237 e. The minimum Gasteiger partial charge on any atom is -0.507 e. The molecule has 5 rings (SSSR count). The number of aliphatic hydroxyl groups is 3. The summed E-state index contributed by atoms with van der Waals surface area (Å²) in [5, 5.41) is 49.2. The molecule has 0 aliphatic heterocycles. The summed E-state index contributed by atoms with van der Waals surface area (Å²) in [5.74, 6) is -8.29. The molecule has 2 fully saturated rings.